The van der Waals surface area contributed by atoms with Gasteiger partial charge in [-0.15, -0.1) is 0 Å². The van der Waals surface area contributed by atoms with E-state index in [0.717, 1.165) is 29.1 Å². The number of hydrogen-bond donors (Lipinski definition) is 3. The predicted octanol–water partition coefficient (Wildman–Crippen LogP) is 3.32. The van der Waals surface area contributed by atoms with E-state index in [1.54, 1.807) is 6.07 Å². The number of nitriles is 1. The Morgan fingerprint density at radius 3 is 2.75 bits per heavy atom. The third-order valence-corrected chi connectivity index (χ3v) is 5.24. The second-order valence-electron chi connectivity index (χ2n) is 7.44. The number of rotatable bonds is 7. The Kier molecular flexibility index (Phi) is 5.48. The summed E-state index contributed by atoms with van der Waals surface area (Å²) in [7, 11) is 0. The lowest BCUT2D eigenvalue weighted by atomic mass is 10.0. The molecule has 0 bridgehead atoms. The number of aliphatic hydroxyl groups is 1. The number of amidine groups is 1. The first-order valence-electron chi connectivity index (χ1n) is 10.1. The molecule has 1 aliphatic rings. The molecule has 0 radical (unpaired) electrons. The number of aliphatic hydroxyl groups excluding tert-OH is 1. The molecular weight excluding hydrogens is 402 g/mol. The highest BCUT2D eigenvalue weighted by Gasteiger charge is 2.15. The molecule has 0 unspecified atom stereocenters. The molecule has 1 aromatic carbocycles. The first-order valence-corrected chi connectivity index (χ1v) is 10.1. The average Bonchev–Trinajstić information content (AvgIpc) is 3.42. The van der Waals surface area contributed by atoms with Gasteiger partial charge in [0.2, 0.25) is 5.78 Å². The lowest BCUT2D eigenvalue weighted by molar-refractivity contribution is 0.509. The van der Waals surface area contributed by atoms with E-state index >= 15 is 0 Å². The molecule has 0 aliphatic carbocycles. The van der Waals surface area contributed by atoms with Crippen LogP contribution < -0.4 is 10.6 Å². The Hall–Kier alpha value is -4.38. The van der Waals surface area contributed by atoms with Gasteiger partial charge in [0, 0.05) is 24.0 Å². The molecule has 160 valence electrons. The summed E-state index contributed by atoms with van der Waals surface area (Å²) < 4.78 is 1.53. The SMILES string of the molecule is C=C1CN=C(c2ccc(CNC(=C)c3cc(C(=C)O)n4cc(C#N)nc4n3)c(CC)c2)N1. The van der Waals surface area contributed by atoms with Crippen molar-refractivity contribution in [3.8, 4) is 6.07 Å². The van der Waals surface area contributed by atoms with Crippen LogP contribution in [0.5, 0.6) is 0 Å². The highest BCUT2D eigenvalue weighted by Crippen LogP contribution is 2.20. The molecule has 8 nitrogen and oxygen atoms in total. The van der Waals surface area contributed by atoms with Crippen molar-refractivity contribution in [2.24, 2.45) is 4.99 Å². The molecule has 32 heavy (non-hydrogen) atoms. The fraction of sp³-hybridized carbons (Fsp3) is 0.167. The van der Waals surface area contributed by atoms with Crippen molar-refractivity contribution in [3.05, 3.63) is 89.7 Å². The van der Waals surface area contributed by atoms with E-state index in [-0.39, 0.29) is 17.2 Å². The lowest BCUT2D eigenvalue weighted by Crippen LogP contribution is -2.18. The third-order valence-electron chi connectivity index (χ3n) is 5.24. The van der Waals surface area contributed by atoms with Gasteiger partial charge in [-0.2, -0.15) is 10.2 Å². The van der Waals surface area contributed by atoms with Gasteiger partial charge in [-0.05, 0) is 29.7 Å². The molecule has 2 aromatic heterocycles. The summed E-state index contributed by atoms with van der Waals surface area (Å²) in [6.45, 7) is 14.9. The Morgan fingerprint density at radius 2 is 2.09 bits per heavy atom. The first kappa shape index (κ1) is 20.9. The van der Waals surface area contributed by atoms with Gasteiger partial charge < -0.3 is 15.7 Å². The second kappa shape index (κ2) is 8.40. The van der Waals surface area contributed by atoms with Crippen LogP contribution in [0.4, 0.5) is 0 Å². The zero-order valence-corrected chi connectivity index (χ0v) is 17.8. The fourth-order valence-corrected chi connectivity index (χ4v) is 3.55. The molecule has 0 amide bonds. The maximum Gasteiger partial charge on any atom is 0.236 e. The molecule has 1 aliphatic heterocycles. The average molecular weight is 425 g/mol. The van der Waals surface area contributed by atoms with Gasteiger partial charge in [-0.1, -0.05) is 38.8 Å². The van der Waals surface area contributed by atoms with Gasteiger partial charge in [-0.3, -0.25) is 9.39 Å². The number of aromatic nitrogens is 3. The highest BCUT2D eigenvalue weighted by molar-refractivity contribution is 6.01. The van der Waals surface area contributed by atoms with Crippen LogP contribution in [0.15, 0.2) is 60.9 Å². The molecule has 0 atom stereocenters. The molecule has 0 saturated heterocycles. The van der Waals surface area contributed by atoms with Gasteiger partial charge in [-0.25, -0.2) is 4.98 Å². The minimum Gasteiger partial charge on any atom is -0.506 e. The maximum absolute atomic E-state index is 9.99. The fourth-order valence-electron chi connectivity index (χ4n) is 3.55. The maximum atomic E-state index is 9.99. The van der Waals surface area contributed by atoms with Crippen molar-refractivity contribution in [2.75, 3.05) is 6.54 Å². The van der Waals surface area contributed by atoms with E-state index in [1.165, 1.54) is 16.2 Å². The van der Waals surface area contributed by atoms with E-state index in [4.69, 9.17) is 5.26 Å². The molecule has 0 fully saturated rings. The van der Waals surface area contributed by atoms with Crippen LogP contribution in [0.25, 0.3) is 17.2 Å². The largest absolute Gasteiger partial charge is 0.506 e. The van der Waals surface area contributed by atoms with Crippen molar-refractivity contribution in [2.45, 2.75) is 19.9 Å². The Bertz CT molecular complexity index is 1340. The minimum absolute atomic E-state index is 0.150. The van der Waals surface area contributed by atoms with E-state index in [1.807, 2.05) is 12.1 Å². The van der Waals surface area contributed by atoms with Crippen molar-refractivity contribution in [3.63, 3.8) is 0 Å². The van der Waals surface area contributed by atoms with Gasteiger partial charge in [0.1, 0.15) is 17.7 Å². The number of imidazole rings is 1. The summed E-state index contributed by atoms with van der Waals surface area (Å²) in [4.78, 5) is 13.1. The second-order valence-corrected chi connectivity index (χ2v) is 7.44. The predicted molar refractivity (Wildman–Crippen MR) is 125 cm³/mol. The number of aryl methyl sites for hydroxylation is 1. The zero-order valence-electron chi connectivity index (χ0n) is 17.8. The number of nitrogens with one attached hydrogen (secondary N) is 2. The van der Waals surface area contributed by atoms with Gasteiger partial charge in [0.15, 0.2) is 5.69 Å². The summed E-state index contributed by atoms with van der Waals surface area (Å²) in [5, 5.41) is 25.6. The summed E-state index contributed by atoms with van der Waals surface area (Å²) in [6.07, 6.45) is 2.38. The Labute approximate surface area is 186 Å². The normalized spacial score (nSPS) is 12.9. The van der Waals surface area contributed by atoms with Crippen LogP contribution in [0.1, 0.15) is 40.7 Å². The minimum atomic E-state index is -0.150. The smallest absolute Gasteiger partial charge is 0.236 e. The van der Waals surface area contributed by atoms with Crippen molar-refractivity contribution in [1.82, 2.24) is 25.0 Å². The number of aliphatic imine (C=N–C) groups is 1. The van der Waals surface area contributed by atoms with Gasteiger partial charge in [0.25, 0.3) is 0 Å². The Balaban J connectivity index is 1.56. The third kappa shape index (κ3) is 3.96. The molecule has 3 heterocycles. The standard InChI is InChI=1S/C24H23N7O/c1-5-17-8-18(23-27-11-14(2)28-23)6-7-19(17)12-26-15(3)21-9-22(16(4)32)31-13-20(10-25)29-24(31)30-21/h6-9,13,26,32H,2-5,11-12H2,1H3,(H,27,28). The number of nitrogens with zero attached hydrogens (tertiary/aromatic N) is 5. The summed E-state index contributed by atoms with van der Waals surface area (Å²) >= 11 is 0. The van der Waals surface area contributed by atoms with E-state index in [2.05, 4.69) is 64.4 Å². The topological polar surface area (TPSA) is 111 Å². The molecule has 4 rings (SSSR count). The monoisotopic (exact) mass is 425 g/mol. The van der Waals surface area contributed by atoms with Crippen molar-refractivity contribution < 1.29 is 5.11 Å². The van der Waals surface area contributed by atoms with Crippen molar-refractivity contribution in [1.29, 1.82) is 5.26 Å². The molecule has 0 spiro atoms. The number of fused-ring (bicyclic) bond motifs is 1. The zero-order chi connectivity index (χ0) is 22.8. The first-order chi connectivity index (χ1) is 15.4. The molecule has 3 N–H and O–H groups in total. The van der Waals surface area contributed by atoms with Gasteiger partial charge in [0.05, 0.1) is 23.6 Å². The van der Waals surface area contributed by atoms with E-state index < -0.39 is 0 Å². The lowest BCUT2D eigenvalue weighted by Gasteiger charge is -2.15. The number of hydrogen-bond acceptors (Lipinski definition) is 7. The van der Waals surface area contributed by atoms with E-state index in [0.29, 0.717) is 30.2 Å². The van der Waals surface area contributed by atoms with Crippen molar-refractivity contribution >= 4 is 23.1 Å². The molecule has 0 saturated carbocycles. The summed E-state index contributed by atoms with van der Waals surface area (Å²) in [5.74, 6) is 0.986. The summed E-state index contributed by atoms with van der Waals surface area (Å²) in [6, 6.07) is 9.89. The van der Waals surface area contributed by atoms with Crippen LogP contribution in [-0.4, -0.2) is 31.9 Å². The van der Waals surface area contributed by atoms with E-state index in [9.17, 15) is 5.11 Å². The highest BCUT2D eigenvalue weighted by atomic mass is 16.3. The molecular formula is C24H23N7O. The van der Waals surface area contributed by atoms with Crippen LogP contribution in [-0.2, 0) is 13.0 Å². The van der Waals surface area contributed by atoms with Crippen LogP contribution >= 0.6 is 0 Å². The summed E-state index contributed by atoms with van der Waals surface area (Å²) in [5.41, 5.74) is 5.94. The van der Waals surface area contributed by atoms with Crippen LogP contribution in [0.2, 0.25) is 0 Å². The van der Waals surface area contributed by atoms with Crippen LogP contribution in [0.3, 0.4) is 0 Å². The van der Waals surface area contributed by atoms with Gasteiger partial charge >= 0.3 is 0 Å². The van der Waals surface area contributed by atoms with Crippen LogP contribution in [0, 0.1) is 11.3 Å². The molecule has 8 heteroatoms. The number of benzene rings is 1. The quantitative estimate of drug-likeness (QED) is 0.501. The Morgan fingerprint density at radius 1 is 1.28 bits per heavy atom. The molecule has 3 aromatic rings.